The number of rotatable bonds is 7. The third kappa shape index (κ3) is 6.06. The fraction of sp³-hybridized carbons (Fsp3) is 0.529. The molecule has 1 fully saturated rings. The van der Waals surface area contributed by atoms with Crippen molar-refractivity contribution in [2.75, 3.05) is 26.2 Å². The molecule has 4 heteroatoms. The van der Waals surface area contributed by atoms with Crippen LogP contribution in [-0.4, -0.2) is 37.0 Å². The van der Waals surface area contributed by atoms with Gasteiger partial charge in [0, 0.05) is 17.1 Å². The van der Waals surface area contributed by atoms with E-state index < -0.39 is 0 Å². The molecule has 1 N–H and O–H groups in total. The van der Waals surface area contributed by atoms with Crippen LogP contribution in [0.4, 0.5) is 0 Å². The lowest BCUT2D eigenvalue weighted by atomic mass is 10.1. The summed E-state index contributed by atoms with van der Waals surface area (Å²) in [6, 6.07) is 7.00. The topological polar surface area (TPSA) is 32.3 Å². The van der Waals surface area contributed by atoms with Crippen molar-refractivity contribution in [3.05, 3.63) is 41.3 Å². The Kier molecular flexibility index (Phi) is 7.04. The van der Waals surface area contributed by atoms with Gasteiger partial charge in [0.1, 0.15) is 0 Å². The van der Waals surface area contributed by atoms with Crippen molar-refractivity contribution in [3.8, 4) is 0 Å². The lowest BCUT2D eigenvalue weighted by Gasteiger charge is -2.26. The molecule has 1 saturated heterocycles. The predicted molar refractivity (Wildman–Crippen MR) is 87.6 cm³/mol. The zero-order valence-electron chi connectivity index (χ0n) is 12.5. The summed E-state index contributed by atoms with van der Waals surface area (Å²) in [6.07, 6.45) is 8.27. The Morgan fingerprint density at radius 1 is 1.10 bits per heavy atom. The highest BCUT2D eigenvalue weighted by molar-refractivity contribution is 6.30. The molecule has 21 heavy (non-hydrogen) atoms. The molecule has 115 valence electrons. The summed E-state index contributed by atoms with van der Waals surface area (Å²) in [5.41, 5.74) is 0.670. The standard InChI is InChI=1S/C17H24ClN2O/c18-16-9-7-15(8-10-16)17(21)19-11-3-1-4-12-20-13-5-2-6-14-20/h2,7-10H,1,3-6,11-14H2,(H,19,21). The molecule has 0 aromatic heterocycles. The van der Waals surface area contributed by atoms with Gasteiger partial charge in [-0.2, -0.15) is 0 Å². The number of unbranched alkanes of at least 4 members (excludes halogenated alkanes) is 2. The van der Waals surface area contributed by atoms with E-state index in [4.69, 9.17) is 11.6 Å². The Labute approximate surface area is 132 Å². The van der Waals surface area contributed by atoms with Gasteiger partial charge < -0.3 is 10.2 Å². The number of halogens is 1. The van der Waals surface area contributed by atoms with Crippen molar-refractivity contribution in [1.29, 1.82) is 0 Å². The molecule has 0 spiro atoms. The summed E-state index contributed by atoms with van der Waals surface area (Å²) >= 11 is 5.80. The lowest BCUT2D eigenvalue weighted by molar-refractivity contribution is 0.0953. The van der Waals surface area contributed by atoms with Crippen LogP contribution in [-0.2, 0) is 0 Å². The first-order valence-corrected chi connectivity index (χ1v) is 8.21. The number of benzene rings is 1. The lowest BCUT2D eigenvalue weighted by Crippen LogP contribution is -2.31. The van der Waals surface area contributed by atoms with Crippen LogP contribution >= 0.6 is 11.6 Å². The largest absolute Gasteiger partial charge is 0.352 e. The molecule has 3 nitrogen and oxygen atoms in total. The average Bonchev–Trinajstić information content (AvgIpc) is 2.52. The third-order valence-electron chi connectivity index (χ3n) is 3.84. The van der Waals surface area contributed by atoms with Crippen LogP contribution in [0.5, 0.6) is 0 Å². The van der Waals surface area contributed by atoms with Crippen molar-refractivity contribution < 1.29 is 4.79 Å². The van der Waals surface area contributed by atoms with E-state index in [2.05, 4.69) is 16.6 Å². The number of hydrogen-bond donors (Lipinski definition) is 1. The fourth-order valence-electron chi connectivity index (χ4n) is 2.57. The van der Waals surface area contributed by atoms with Gasteiger partial charge in [0.25, 0.3) is 5.91 Å². The summed E-state index contributed by atoms with van der Waals surface area (Å²) in [5.74, 6) is -0.0155. The van der Waals surface area contributed by atoms with Gasteiger partial charge in [-0.1, -0.05) is 18.0 Å². The molecule has 0 atom stereocenters. The fourth-order valence-corrected chi connectivity index (χ4v) is 2.70. The van der Waals surface area contributed by atoms with Gasteiger partial charge in [0.05, 0.1) is 0 Å². The molecule has 1 aromatic rings. The summed E-state index contributed by atoms with van der Waals surface area (Å²) in [7, 11) is 0. The van der Waals surface area contributed by atoms with E-state index in [0.717, 1.165) is 13.0 Å². The molecule has 0 saturated carbocycles. The zero-order chi connectivity index (χ0) is 14.9. The summed E-state index contributed by atoms with van der Waals surface area (Å²) in [4.78, 5) is 14.4. The van der Waals surface area contributed by atoms with Crippen LogP contribution in [0.15, 0.2) is 24.3 Å². The maximum Gasteiger partial charge on any atom is 0.251 e. The second kappa shape index (κ2) is 9.06. The molecule has 1 amide bonds. The molecule has 0 aliphatic carbocycles. The average molecular weight is 308 g/mol. The number of amides is 1. The Morgan fingerprint density at radius 2 is 1.81 bits per heavy atom. The normalized spacial score (nSPS) is 15.9. The van der Waals surface area contributed by atoms with Gasteiger partial charge in [-0.05, 0) is 76.0 Å². The van der Waals surface area contributed by atoms with Gasteiger partial charge >= 0.3 is 0 Å². The minimum Gasteiger partial charge on any atom is -0.352 e. The third-order valence-corrected chi connectivity index (χ3v) is 4.09. The highest BCUT2D eigenvalue weighted by Crippen LogP contribution is 2.10. The Hall–Kier alpha value is -1.06. The van der Waals surface area contributed by atoms with Crippen LogP contribution in [0.25, 0.3) is 0 Å². The number of carbonyl (C=O) groups excluding carboxylic acids is 1. The first-order valence-electron chi connectivity index (χ1n) is 7.83. The summed E-state index contributed by atoms with van der Waals surface area (Å²) in [5, 5.41) is 3.61. The van der Waals surface area contributed by atoms with Crippen molar-refractivity contribution in [3.63, 3.8) is 0 Å². The van der Waals surface area contributed by atoms with E-state index in [1.165, 1.54) is 45.3 Å². The molecule has 0 bridgehead atoms. The number of nitrogens with one attached hydrogen (secondary N) is 1. The molecular formula is C17H24ClN2O. The van der Waals surface area contributed by atoms with Gasteiger partial charge in [0.15, 0.2) is 0 Å². The highest BCUT2D eigenvalue weighted by atomic mass is 35.5. The number of hydrogen-bond acceptors (Lipinski definition) is 2. The van der Waals surface area contributed by atoms with Crippen molar-refractivity contribution in [1.82, 2.24) is 10.2 Å². The van der Waals surface area contributed by atoms with Gasteiger partial charge in [-0.25, -0.2) is 0 Å². The highest BCUT2D eigenvalue weighted by Gasteiger charge is 2.09. The summed E-state index contributed by atoms with van der Waals surface area (Å²) in [6.45, 7) is 4.37. The maximum absolute atomic E-state index is 11.9. The van der Waals surface area contributed by atoms with Gasteiger partial charge in [-0.3, -0.25) is 4.79 Å². The van der Waals surface area contributed by atoms with Gasteiger partial charge in [-0.15, -0.1) is 0 Å². The van der Waals surface area contributed by atoms with Crippen LogP contribution in [0.3, 0.4) is 0 Å². The Balaban J connectivity index is 1.53. The number of piperidine rings is 1. The second-order valence-corrected chi connectivity index (χ2v) is 5.97. The van der Waals surface area contributed by atoms with Crippen LogP contribution in [0.2, 0.25) is 5.02 Å². The van der Waals surface area contributed by atoms with E-state index in [0.29, 0.717) is 10.6 Å². The molecular weight excluding hydrogens is 284 g/mol. The predicted octanol–water partition coefficient (Wildman–Crippen LogP) is 3.54. The second-order valence-electron chi connectivity index (χ2n) is 5.53. The molecule has 1 heterocycles. The zero-order valence-corrected chi connectivity index (χ0v) is 13.2. The number of carbonyl (C=O) groups is 1. The minimum atomic E-state index is -0.0155. The Morgan fingerprint density at radius 3 is 2.52 bits per heavy atom. The van der Waals surface area contributed by atoms with Crippen molar-refractivity contribution >= 4 is 17.5 Å². The molecule has 0 unspecified atom stereocenters. The molecule has 1 aliphatic heterocycles. The molecule has 1 aromatic carbocycles. The van der Waals surface area contributed by atoms with E-state index in [1.807, 2.05) is 0 Å². The monoisotopic (exact) mass is 307 g/mol. The van der Waals surface area contributed by atoms with Crippen molar-refractivity contribution in [2.24, 2.45) is 0 Å². The SMILES string of the molecule is O=C(NCCCCCN1CC[CH]CC1)c1ccc(Cl)cc1. The van der Waals surface area contributed by atoms with Crippen molar-refractivity contribution in [2.45, 2.75) is 32.1 Å². The van der Waals surface area contributed by atoms with Crippen LogP contribution in [0.1, 0.15) is 42.5 Å². The Bertz CT molecular complexity index is 427. The quantitative estimate of drug-likeness (QED) is 0.781. The van der Waals surface area contributed by atoms with Gasteiger partial charge in [0.2, 0.25) is 0 Å². The van der Waals surface area contributed by atoms with E-state index in [9.17, 15) is 4.79 Å². The molecule has 1 radical (unpaired) electrons. The van der Waals surface area contributed by atoms with Crippen LogP contribution in [0, 0.1) is 6.42 Å². The first kappa shape index (κ1) is 16.3. The number of nitrogens with zero attached hydrogens (tertiary/aromatic N) is 1. The van der Waals surface area contributed by atoms with Crippen LogP contribution < -0.4 is 5.32 Å². The van der Waals surface area contributed by atoms with E-state index in [-0.39, 0.29) is 5.91 Å². The maximum atomic E-state index is 11.9. The molecule has 1 aliphatic rings. The summed E-state index contributed by atoms with van der Waals surface area (Å²) < 4.78 is 0. The van der Waals surface area contributed by atoms with E-state index >= 15 is 0 Å². The first-order chi connectivity index (χ1) is 10.3. The smallest absolute Gasteiger partial charge is 0.251 e. The van der Waals surface area contributed by atoms with E-state index in [1.54, 1.807) is 24.3 Å². The molecule has 2 rings (SSSR count). The minimum absolute atomic E-state index is 0.0155. The number of likely N-dealkylation sites (tertiary alicyclic amines) is 1.